The summed E-state index contributed by atoms with van der Waals surface area (Å²) in [6.07, 6.45) is 0. The predicted molar refractivity (Wildman–Crippen MR) is 35.5 cm³/mol. The van der Waals surface area contributed by atoms with Gasteiger partial charge in [0.15, 0.2) is 0 Å². The van der Waals surface area contributed by atoms with Crippen molar-refractivity contribution in [2.75, 3.05) is 0 Å². The van der Waals surface area contributed by atoms with Crippen molar-refractivity contribution in [1.82, 2.24) is 0 Å². The minimum absolute atomic E-state index is 0.0315. The lowest BCUT2D eigenvalue weighted by Gasteiger charge is -1.99. The zero-order valence-corrected chi connectivity index (χ0v) is 5.57. The first-order chi connectivity index (χ1) is 5.24. The van der Waals surface area contributed by atoms with Gasteiger partial charge in [-0.2, -0.15) is 5.26 Å². The Bertz CT molecular complexity index is 325. The molecule has 0 saturated heterocycles. The van der Waals surface area contributed by atoms with E-state index in [0.717, 1.165) is 0 Å². The van der Waals surface area contributed by atoms with Gasteiger partial charge in [0, 0.05) is 0 Å². The van der Waals surface area contributed by atoms with Gasteiger partial charge in [0.05, 0.1) is 17.6 Å². The maximum Gasteiger partial charge on any atom is 0.0991 e. The highest BCUT2D eigenvalue weighted by Gasteiger charge is 1.93. The van der Waals surface area contributed by atoms with Crippen LogP contribution in [0.5, 0.6) is 0 Å². The topological polar surface area (TPSA) is 63.9 Å². The third kappa shape index (κ3) is 1.55. The van der Waals surface area contributed by atoms with Crippen molar-refractivity contribution in [2.45, 2.75) is 0 Å². The van der Waals surface area contributed by atoms with Gasteiger partial charge in [-0.25, -0.2) is 0 Å². The molecular formula is C8H4NO2-. The molecule has 0 aliphatic rings. The molecule has 0 aromatic heterocycles. The number of carboxylic acids is 1. The summed E-state index contributed by atoms with van der Waals surface area (Å²) >= 11 is 0. The predicted octanol–water partition coefficient (Wildman–Crippen LogP) is -0.0782. The van der Waals surface area contributed by atoms with Gasteiger partial charge >= 0.3 is 0 Å². The lowest BCUT2D eigenvalue weighted by Crippen LogP contribution is -2.22. The van der Waals surface area contributed by atoms with Crippen LogP contribution in [0.1, 0.15) is 15.9 Å². The summed E-state index contributed by atoms with van der Waals surface area (Å²) in [5, 5.41) is 18.6. The van der Waals surface area contributed by atoms with E-state index >= 15 is 0 Å². The zero-order chi connectivity index (χ0) is 8.27. The average Bonchev–Trinajstić information content (AvgIpc) is 2.05. The fourth-order valence-electron chi connectivity index (χ4n) is 0.716. The van der Waals surface area contributed by atoms with Gasteiger partial charge in [-0.3, -0.25) is 0 Å². The van der Waals surface area contributed by atoms with Gasteiger partial charge in [-0.05, 0) is 17.7 Å². The fourth-order valence-corrected chi connectivity index (χ4v) is 0.716. The number of carboxylic acid groups (broad SMARTS) is 1. The highest BCUT2D eigenvalue weighted by atomic mass is 16.4. The number of hydrogen-bond acceptors (Lipinski definition) is 3. The molecule has 3 heteroatoms. The van der Waals surface area contributed by atoms with Crippen molar-refractivity contribution in [3.63, 3.8) is 0 Å². The Kier molecular flexibility index (Phi) is 1.88. The summed E-state index contributed by atoms with van der Waals surface area (Å²) < 4.78 is 0. The Balaban J connectivity index is 3.13. The van der Waals surface area contributed by atoms with Crippen molar-refractivity contribution >= 4 is 5.97 Å². The fraction of sp³-hybridized carbons (Fsp3) is 0. The van der Waals surface area contributed by atoms with Gasteiger partial charge in [0.25, 0.3) is 0 Å². The monoisotopic (exact) mass is 146 g/mol. The van der Waals surface area contributed by atoms with E-state index in [1.807, 2.05) is 6.07 Å². The summed E-state index contributed by atoms with van der Waals surface area (Å²) in [6, 6.07) is 7.53. The second-order valence-electron chi connectivity index (χ2n) is 1.98. The van der Waals surface area contributed by atoms with Crippen molar-refractivity contribution < 1.29 is 9.90 Å². The van der Waals surface area contributed by atoms with E-state index in [-0.39, 0.29) is 5.56 Å². The Labute approximate surface area is 63.5 Å². The number of aromatic carboxylic acids is 1. The van der Waals surface area contributed by atoms with E-state index in [4.69, 9.17) is 5.26 Å². The molecule has 0 aliphatic carbocycles. The van der Waals surface area contributed by atoms with Crippen LogP contribution in [0.4, 0.5) is 0 Å². The maximum absolute atomic E-state index is 10.2. The summed E-state index contributed by atoms with van der Waals surface area (Å²) in [6.45, 7) is 0. The minimum Gasteiger partial charge on any atom is -0.545 e. The third-order valence-corrected chi connectivity index (χ3v) is 1.23. The third-order valence-electron chi connectivity index (χ3n) is 1.23. The Morgan fingerprint density at radius 1 is 1.55 bits per heavy atom. The smallest absolute Gasteiger partial charge is 0.0991 e. The Hall–Kier alpha value is -1.82. The van der Waals surface area contributed by atoms with Crippen LogP contribution in [0.15, 0.2) is 24.3 Å². The summed E-state index contributed by atoms with van der Waals surface area (Å²) in [7, 11) is 0. The van der Waals surface area contributed by atoms with Crippen molar-refractivity contribution in [3.8, 4) is 6.07 Å². The molecule has 0 N–H and O–H groups in total. The van der Waals surface area contributed by atoms with E-state index in [0.29, 0.717) is 5.56 Å². The van der Waals surface area contributed by atoms with Gasteiger partial charge in [0.2, 0.25) is 0 Å². The van der Waals surface area contributed by atoms with E-state index in [1.165, 1.54) is 24.3 Å². The quantitative estimate of drug-likeness (QED) is 0.556. The molecule has 1 rings (SSSR count). The van der Waals surface area contributed by atoms with Crippen LogP contribution in [0.2, 0.25) is 0 Å². The first kappa shape index (κ1) is 7.29. The number of hydrogen-bond donors (Lipinski definition) is 0. The molecule has 0 aliphatic heterocycles. The molecule has 1 aromatic carbocycles. The van der Waals surface area contributed by atoms with E-state index in [9.17, 15) is 9.90 Å². The number of carbonyl (C=O) groups is 1. The van der Waals surface area contributed by atoms with E-state index in [2.05, 4.69) is 0 Å². The first-order valence-corrected chi connectivity index (χ1v) is 2.95. The molecule has 11 heavy (non-hydrogen) atoms. The van der Waals surface area contributed by atoms with Crippen molar-refractivity contribution in [1.29, 1.82) is 5.26 Å². The first-order valence-electron chi connectivity index (χ1n) is 2.95. The molecule has 0 fully saturated rings. The zero-order valence-electron chi connectivity index (χ0n) is 5.57. The lowest BCUT2D eigenvalue weighted by atomic mass is 10.1. The molecule has 3 nitrogen and oxygen atoms in total. The number of nitriles is 1. The molecule has 1 aromatic rings. The molecule has 0 bridgehead atoms. The van der Waals surface area contributed by atoms with Gasteiger partial charge < -0.3 is 9.90 Å². The van der Waals surface area contributed by atoms with Crippen molar-refractivity contribution in [2.24, 2.45) is 0 Å². The number of carbonyl (C=O) groups excluding carboxylic acids is 1. The number of benzene rings is 1. The minimum atomic E-state index is -1.26. The van der Waals surface area contributed by atoms with Crippen LogP contribution >= 0.6 is 0 Å². The Morgan fingerprint density at radius 2 is 2.27 bits per heavy atom. The van der Waals surface area contributed by atoms with Crippen LogP contribution in [-0.4, -0.2) is 5.97 Å². The van der Waals surface area contributed by atoms with Crippen LogP contribution < -0.4 is 5.11 Å². The van der Waals surface area contributed by atoms with Crippen LogP contribution in [-0.2, 0) is 0 Å². The SMILES string of the molecule is N#Cc1cccc(C(=O)[O-])c1. The molecule has 0 unspecified atom stereocenters. The second-order valence-corrected chi connectivity index (χ2v) is 1.98. The molecule has 54 valence electrons. The second kappa shape index (κ2) is 2.84. The van der Waals surface area contributed by atoms with E-state index < -0.39 is 5.97 Å². The molecule has 0 radical (unpaired) electrons. The molecule has 0 atom stereocenters. The van der Waals surface area contributed by atoms with Gasteiger partial charge in [-0.15, -0.1) is 0 Å². The highest BCUT2D eigenvalue weighted by molar-refractivity contribution is 5.86. The summed E-state index contributed by atoms with van der Waals surface area (Å²) in [5.41, 5.74) is 0.357. The van der Waals surface area contributed by atoms with Crippen LogP contribution in [0, 0.1) is 11.3 Å². The largest absolute Gasteiger partial charge is 0.545 e. The van der Waals surface area contributed by atoms with Crippen LogP contribution in [0.25, 0.3) is 0 Å². The molecule has 0 spiro atoms. The normalized spacial score (nSPS) is 8.64. The summed E-state index contributed by atoms with van der Waals surface area (Å²) in [4.78, 5) is 10.2. The number of rotatable bonds is 1. The van der Waals surface area contributed by atoms with Crippen LogP contribution in [0.3, 0.4) is 0 Å². The highest BCUT2D eigenvalue weighted by Crippen LogP contribution is 2.01. The number of nitrogens with zero attached hydrogens (tertiary/aromatic N) is 1. The molecule has 0 amide bonds. The van der Waals surface area contributed by atoms with E-state index in [1.54, 1.807) is 0 Å². The molecule has 0 saturated carbocycles. The van der Waals surface area contributed by atoms with Gasteiger partial charge in [-0.1, -0.05) is 12.1 Å². The average molecular weight is 146 g/mol. The Morgan fingerprint density at radius 3 is 2.82 bits per heavy atom. The van der Waals surface area contributed by atoms with Crippen molar-refractivity contribution in [3.05, 3.63) is 35.4 Å². The standard InChI is InChI=1S/C8H5NO2/c9-5-6-2-1-3-7(4-6)8(10)11/h1-4H,(H,10,11)/p-1. The maximum atomic E-state index is 10.2. The summed E-state index contributed by atoms with van der Waals surface area (Å²) in [5.74, 6) is -1.26. The lowest BCUT2D eigenvalue weighted by molar-refractivity contribution is -0.255. The molecular weight excluding hydrogens is 142 g/mol. The molecule has 0 heterocycles. The van der Waals surface area contributed by atoms with Gasteiger partial charge in [0.1, 0.15) is 0 Å².